The van der Waals surface area contributed by atoms with Crippen LogP contribution in [0.1, 0.15) is 11.1 Å². The van der Waals surface area contributed by atoms with E-state index in [1.165, 1.54) is 0 Å². The summed E-state index contributed by atoms with van der Waals surface area (Å²) in [5, 5.41) is 7.24. The van der Waals surface area contributed by atoms with Crippen molar-refractivity contribution >= 4 is 60.1 Å². The number of para-hydroxylation sites is 2. The fourth-order valence-electron chi connectivity index (χ4n) is 6.28. The number of aromatic amines is 1. The predicted octanol–water partition coefficient (Wildman–Crippen LogP) is 6.38. The van der Waals surface area contributed by atoms with E-state index < -0.39 is 11.1 Å². The monoisotopic (exact) mass is 592 g/mol. The molecule has 0 radical (unpaired) electrons. The van der Waals surface area contributed by atoms with Crippen molar-refractivity contribution in [2.45, 2.75) is 19.3 Å². The number of anilines is 1. The fraction of sp³-hybridized carbons (Fsp3) is 0.135. The molecule has 0 saturated heterocycles. The molecular formula is C37H28N4O4. The molecule has 45 heavy (non-hydrogen) atoms. The Morgan fingerprint density at radius 2 is 1.13 bits per heavy atom. The Bertz CT molecular complexity index is 2370. The Morgan fingerprint density at radius 3 is 1.80 bits per heavy atom. The first-order chi connectivity index (χ1) is 22.2. The lowest BCUT2D eigenvalue weighted by Gasteiger charge is -2.21. The first-order valence-electron chi connectivity index (χ1n) is 14.9. The first kappa shape index (κ1) is 27.1. The molecule has 0 bridgehead atoms. The Hall–Kier alpha value is -5.44. The van der Waals surface area contributed by atoms with Crippen molar-refractivity contribution in [3.63, 3.8) is 0 Å². The summed E-state index contributed by atoms with van der Waals surface area (Å²) in [6.45, 7) is 1.74. The van der Waals surface area contributed by atoms with Gasteiger partial charge in [0.15, 0.2) is 0 Å². The van der Waals surface area contributed by atoms with Gasteiger partial charge in [-0.15, -0.1) is 0 Å². The van der Waals surface area contributed by atoms with Gasteiger partial charge in [-0.1, -0.05) is 91.0 Å². The third-order valence-corrected chi connectivity index (χ3v) is 8.28. The molecule has 0 spiro atoms. The zero-order chi connectivity index (χ0) is 30.3. The topological polar surface area (TPSA) is 106 Å². The predicted molar refractivity (Wildman–Crippen MR) is 178 cm³/mol. The lowest BCUT2D eigenvalue weighted by molar-refractivity contribution is 0.0602. The summed E-state index contributed by atoms with van der Waals surface area (Å²) < 4.78 is 12.3. The maximum absolute atomic E-state index is 13.2. The number of fused-ring (bicyclic) bond motifs is 10. The second-order valence-corrected chi connectivity index (χ2v) is 11.3. The molecule has 220 valence electrons. The molecule has 5 aromatic carbocycles. The summed E-state index contributed by atoms with van der Waals surface area (Å²) in [5.41, 5.74) is 4.81. The molecule has 0 unspecified atom stereocenters. The summed E-state index contributed by atoms with van der Waals surface area (Å²) in [4.78, 5) is 38.9. The summed E-state index contributed by atoms with van der Waals surface area (Å²) in [5.74, 6) is 0. The van der Waals surface area contributed by atoms with Gasteiger partial charge < -0.3 is 14.8 Å². The van der Waals surface area contributed by atoms with E-state index in [4.69, 9.17) is 19.4 Å². The van der Waals surface area contributed by atoms with Gasteiger partial charge in [0, 0.05) is 21.5 Å². The average molecular weight is 593 g/mol. The van der Waals surface area contributed by atoms with Gasteiger partial charge in [0.25, 0.3) is 11.1 Å². The highest BCUT2D eigenvalue weighted by Gasteiger charge is 2.24. The van der Waals surface area contributed by atoms with Crippen molar-refractivity contribution in [1.29, 1.82) is 0 Å². The molecule has 3 aromatic heterocycles. The van der Waals surface area contributed by atoms with Gasteiger partial charge in [0.05, 0.1) is 71.0 Å². The molecule has 0 fully saturated rings. The second kappa shape index (κ2) is 11.2. The first-order valence-corrected chi connectivity index (χ1v) is 14.9. The number of hydrogen-bond donors (Lipinski definition) is 2. The number of aromatic nitrogens is 3. The quantitative estimate of drug-likeness (QED) is 0.190. The van der Waals surface area contributed by atoms with Crippen LogP contribution in [-0.2, 0) is 22.7 Å². The largest absolute Gasteiger partial charge is 0.376 e. The summed E-state index contributed by atoms with van der Waals surface area (Å²) in [6, 6.07) is 33.4. The van der Waals surface area contributed by atoms with E-state index in [-0.39, 0.29) is 6.04 Å². The molecule has 2 N–H and O–H groups in total. The highest BCUT2D eigenvalue weighted by Crippen LogP contribution is 2.41. The number of hydrogen-bond acceptors (Lipinski definition) is 7. The molecule has 0 atom stereocenters. The van der Waals surface area contributed by atoms with Crippen LogP contribution in [0, 0.1) is 0 Å². The Morgan fingerprint density at radius 1 is 0.578 bits per heavy atom. The molecule has 8 nitrogen and oxygen atoms in total. The number of benzene rings is 5. The average Bonchev–Trinajstić information content (AvgIpc) is 3.73. The highest BCUT2D eigenvalue weighted by molar-refractivity contribution is 6.35. The van der Waals surface area contributed by atoms with Crippen LogP contribution in [0.3, 0.4) is 0 Å². The van der Waals surface area contributed by atoms with Crippen molar-refractivity contribution in [2.75, 3.05) is 18.5 Å². The van der Waals surface area contributed by atoms with E-state index in [1.807, 2.05) is 103 Å². The van der Waals surface area contributed by atoms with E-state index in [2.05, 4.69) is 10.3 Å². The highest BCUT2D eigenvalue weighted by atomic mass is 16.5. The van der Waals surface area contributed by atoms with Crippen molar-refractivity contribution < 1.29 is 9.47 Å². The van der Waals surface area contributed by atoms with Crippen molar-refractivity contribution in [2.24, 2.45) is 0 Å². The van der Waals surface area contributed by atoms with Crippen LogP contribution in [0.5, 0.6) is 0 Å². The van der Waals surface area contributed by atoms with E-state index in [9.17, 15) is 9.59 Å². The zero-order valence-electron chi connectivity index (χ0n) is 24.2. The standard InChI is InChI=1S/C37H28N4O4/c42-36-31-29-25-14-7-8-16-27(25)39-34(29)35-30(32(31)37(43)41-36)26-15-9-17-28(33(26)40-35)38-24(20-44-18-22-10-3-1-4-11-22)21-45-19-23-12-5-2-6-13-23/h1-17,24,38H,18-21H2,(H,41,42,43). The maximum atomic E-state index is 13.2. The third kappa shape index (κ3) is 4.81. The van der Waals surface area contributed by atoms with Gasteiger partial charge in [-0.2, -0.15) is 0 Å². The van der Waals surface area contributed by atoms with E-state index in [1.54, 1.807) is 0 Å². The van der Waals surface area contributed by atoms with Crippen LogP contribution in [0.4, 0.5) is 5.69 Å². The fourth-order valence-corrected chi connectivity index (χ4v) is 6.28. The molecule has 3 heterocycles. The minimum atomic E-state index is -0.415. The zero-order valence-corrected chi connectivity index (χ0v) is 24.2. The van der Waals surface area contributed by atoms with Crippen LogP contribution in [-0.4, -0.2) is 34.2 Å². The molecule has 0 aliphatic carbocycles. The van der Waals surface area contributed by atoms with Crippen LogP contribution in [0.25, 0.3) is 54.4 Å². The summed E-state index contributed by atoms with van der Waals surface area (Å²) in [7, 11) is 0. The van der Waals surface area contributed by atoms with Gasteiger partial charge in [0.2, 0.25) is 0 Å². The molecule has 8 heteroatoms. The molecular weight excluding hydrogens is 564 g/mol. The Balaban J connectivity index is 1.21. The summed E-state index contributed by atoms with van der Waals surface area (Å²) >= 11 is 0. The minimum absolute atomic E-state index is 0.196. The molecule has 0 aliphatic rings. The van der Waals surface area contributed by atoms with Gasteiger partial charge in [0.1, 0.15) is 0 Å². The van der Waals surface area contributed by atoms with E-state index in [0.29, 0.717) is 64.5 Å². The molecule has 0 amide bonds. The number of rotatable bonds is 10. The Labute approximate surface area is 257 Å². The normalized spacial score (nSPS) is 12.0. The van der Waals surface area contributed by atoms with Gasteiger partial charge >= 0.3 is 0 Å². The summed E-state index contributed by atoms with van der Waals surface area (Å²) in [6.07, 6.45) is 0. The third-order valence-electron chi connectivity index (χ3n) is 8.28. The number of nitrogens with one attached hydrogen (secondary N) is 2. The molecule has 8 rings (SSSR count). The van der Waals surface area contributed by atoms with Crippen molar-refractivity contribution in [3.8, 4) is 0 Å². The van der Waals surface area contributed by atoms with Crippen LogP contribution in [0.15, 0.2) is 113 Å². The smallest absolute Gasteiger partial charge is 0.259 e. The number of ether oxygens (including phenoxy) is 2. The molecule has 0 aliphatic heterocycles. The van der Waals surface area contributed by atoms with Crippen LogP contribution >= 0.6 is 0 Å². The maximum Gasteiger partial charge on any atom is 0.259 e. The van der Waals surface area contributed by atoms with Crippen LogP contribution < -0.4 is 16.4 Å². The van der Waals surface area contributed by atoms with Crippen LogP contribution in [0.2, 0.25) is 0 Å². The number of nitrogens with zero attached hydrogens (tertiary/aromatic N) is 2. The number of H-pyrrole nitrogens is 1. The minimum Gasteiger partial charge on any atom is -0.376 e. The van der Waals surface area contributed by atoms with E-state index in [0.717, 1.165) is 33.1 Å². The van der Waals surface area contributed by atoms with Gasteiger partial charge in [-0.25, -0.2) is 9.97 Å². The SMILES string of the molecule is O=c1[nH]c(=O)c2c1c1c3ccccc3nc1c1nc3c(NC(COCc4ccccc4)COCc4ccccc4)cccc3c12. The Kier molecular flexibility index (Phi) is 6.78. The second-order valence-electron chi connectivity index (χ2n) is 11.3. The van der Waals surface area contributed by atoms with Gasteiger partial charge in [-0.05, 0) is 23.3 Å². The lowest BCUT2D eigenvalue weighted by Crippen LogP contribution is -2.30. The van der Waals surface area contributed by atoms with Gasteiger partial charge in [-0.3, -0.25) is 14.6 Å². The van der Waals surface area contributed by atoms with Crippen molar-refractivity contribution in [1.82, 2.24) is 15.0 Å². The molecule has 0 saturated carbocycles. The lowest BCUT2D eigenvalue weighted by atomic mass is 10.0. The molecule has 8 aromatic rings. The van der Waals surface area contributed by atoms with Crippen molar-refractivity contribution in [3.05, 3.63) is 135 Å². The van der Waals surface area contributed by atoms with E-state index >= 15 is 0 Å².